The maximum Gasteiger partial charge on any atom is 0.358 e. The van der Waals surface area contributed by atoms with Gasteiger partial charge in [-0.1, -0.05) is 0 Å². The zero-order valence-electron chi connectivity index (χ0n) is 9.46. The zero-order valence-corrected chi connectivity index (χ0v) is 9.46. The molecule has 2 aromatic heterocycles. The lowest BCUT2D eigenvalue weighted by molar-refractivity contribution is 0.0594. The molecule has 2 heterocycles. The van der Waals surface area contributed by atoms with Gasteiger partial charge in [-0.05, 0) is 19.3 Å². The molecule has 0 aliphatic heterocycles. The highest BCUT2D eigenvalue weighted by atomic mass is 16.5. The Morgan fingerprint density at radius 1 is 1.47 bits per heavy atom. The topological polar surface area (TPSA) is 69.9 Å². The highest BCUT2D eigenvalue weighted by Crippen LogP contribution is 2.32. The Balaban J connectivity index is 2.04. The summed E-state index contributed by atoms with van der Waals surface area (Å²) >= 11 is 0. The molecule has 1 fully saturated rings. The summed E-state index contributed by atoms with van der Waals surface area (Å²) in [6.45, 7) is 0. The van der Waals surface area contributed by atoms with Gasteiger partial charge in [-0.15, -0.1) is 0 Å². The van der Waals surface area contributed by atoms with Gasteiger partial charge in [0, 0.05) is 0 Å². The van der Waals surface area contributed by atoms with Crippen molar-refractivity contribution in [3.63, 3.8) is 0 Å². The summed E-state index contributed by atoms with van der Waals surface area (Å²) in [4.78, 5) is 19.8. The molecule has 1 aliphatic rings. The third-order valence-corrected chi connectivity index (χ3v) is 3.12. The molecule has 0 bridgehead atoms. The number of fused-ring (bicyclic) bond motifs is 1. The first-order valence-corrected chi connectivity index (χ1v) is 5.58. The minimum absolute atomic E-state index is 0.216. The van der Waals surface area contributed by atoms with Gasteiger partial charge in [0.1, 0.15) is 5.52 Å². The molecule has 88 valence electrons. The van der Waals surface area contributed by atoms with Crippen LogP contribution in [-0.4, -0.2) is 32.8 Å². The number of esters is 1. The van der Waals surface area contributed by atoms with Gasteiger partial charge in [0.25, 0.3) is 0 Å². The van der Waals surface area contributed by atoms with Crippen molar-refractivity contribution in [3.8, 4) is 0 Å². The first-order valence-electron chi connectivity index (χ1n) is 5.58. The van der Waals surface area contributed by atoms with Crippen LogP contribution in [0.1, 0.15) is 35.8 Å². The highest BCUT2D eigenvalue weighted by Gasteiger charge is 2.23. The lowest BCUT2D eigenvalue weighted by Gasteiger charge is -2.25. The van der Waals surface area contributed by atoms with Gasteiger partial charge >= 0.3 is 5.97 Å². The van der Waals surface area contributed by atoms with Crippen LogP contribution in [0.15, 0.2) is 12.4 Å². The molecule has 1 saturated carbocycles. The Labute approximate surface area is 97.6 Å². The van der Waals surface area contributed by atoms with Crippen molar-refractivity contribution in [2.24, 2.45) is 0 Å². The molecule has 0 amide bonds. The molecule has 3 rings (SSSR count). The number of nitrogens with zero attached hydrogens (tertiary/aromatic N) is 4. The lowest BCUT2D eigenvalue weighted by Crippen LogP contribution is -2.18. The number of aromatic nitrogens is 4. The third kappa shape index (κ3) is 1.56. The van der Waals surface area contributed by atoms with Crippen molar-refractivity contribution in [1.29, 1.82) is 0 Å². The second-order valence-corrected chi connectivity index (χ2v) is 4.13. The van der Waals surface area contributed by atoms with Crippen molar-refractivity contribution in [2.75, 3.05) is 7.11 Å². The summed E-state index contributed by atoms with van der Waals surface area (Å²) in [5.41, 5.74) is 1.59. The van der Waals surface area contributed by atoms with Gasteiger partial charge in [0.2, 0.25) is 0 Å². The summed E-state index contributed by atoms with van der Waals surface area (Å²) in [5, 5.41) is 4.28. The van der Waals surface area contributed by atoms with Crippen LogP contribution in [0.25, 0.3) is 11.2 Å². The highest BCUT2D eigenvalue weighted by molar-refractivity contribution is 5.88. The minimum Gasteiger partial charge on any atom is -0.464 e. The van der Waals surface area contributed by atoms with Crippen LogP contribution in [0.2, 0.25) is 0 Å². The van der Waals surface area contributed by atoms with Gasteiger partial charge in [-0.25, -0.2) is 19.4 Å². The summed E-state index contributed by atoms with van der Waals surface area (Å²) in [6, 6.07) is 0.436. The fraction of sp³-hybridized carbons (Fsp3) is 0.455. The number of carbonyl (C=O) groups is 1. The molecule has 1 aliphatic carbocycles. The number of hydrogen-bond acceptors (Lipinski definition) is 5. The molecule has 0 atom stereocenters. The molecule has 0 spiro atoms. The molecule has 0 unspecified atom stereocenters. The SMILES string of the molecule is COC(=O)c1cnc2c(cnn2C2CCC2)n1. The van der Waals surface area contributed by atoms with E-state index >= 15 is 0 Å². The predicted molar refractivity (Wildman–Crippen MR) is 59.6 cm³/mol. The van der Waals surface area contributed by atoms with Crippen LogP contribution in [0, 0.1) is 0 Å². The molecule has 2 aromatic rings. The average molecular weight is 232 g/mol. The van der Waals surface area contributed by atoms with Crippen LogP contribution in [0.4, 0.5) is 0 Å². The minimum atomic E-state index is -0.476. The van der Waals surface area contributed by atoms with Gasteiger partial charge in [0.15, 0.2) is 11.3 Å². The molecule has 0 N–H and O–H groups in total. The lowest BCUT2D eigenvalue weighted by atomic mass is 9.93. The van der Waals surface area contributed by atoms with Crippen molar-refractivity contribution in [3.05, 3.63) is 18.1 Å². The molecule has 0 aromatic carbocycles. The Morgan fingerprint density at radius 3 is 2.94 bits per heavy atom. The van der Waals surface area contributed by atoms with Crippen molar-refractivity contribution in [2.45, 2.75) is 25.3 Å². The average Bonchev–Trinajstić information content (AvgIpc) is 2.69. The molecular formula is C11H12N4O2. The Bertz CT molecular complexity index is 574. The molecule has 0 radical (unpaired) electrons. The van der Waals surface area contributed by atoms with Crippen molar-refractivity contribution >= 4 is 17.1 Å². The number of ether oxygens (including phenoxy) is 1. The summed E-state index contributed by atoms with van der Waals surface area (Å²) in [5.74, 6) is -0.476. The molecule has 6 nitrogen and oxygen atoms in total. The van der Waals surface area contributed by atoms with E-state index < -0.39 is 5.97 Å². The van der Waals surface area contributed by atoms with Gasteiger partial charge in [0.05, 0.1) is 25.5 Å². The first-order chi connectivity index (χ1) is 8.29. The molecular weight excluding hydrogens is 220 g/mol. The van der Waals surface area contributed by atoms with Crippen LogP contribution in [0.5, 0.6) is 0 Å². The van der Waals surface area contributed by atoms with Crippen LogP contribution in [-0.2, 0) is 4.74 Å². The second-order valence-electron chi connectivity index (χ2n) is 4.13. The number of methoxy groups -OCH3 is 1. The van der Waals surface area contributed by atoms with Gasteiger partial charge in [-0.2, -0.15) is 5.10 Å². The Hall–Kier alpha value is -1.98. The molecule has 17 heavy (non-hydrogen) atoms. The number of rotatable bonds is 2. The fourth-order valence-corrected chi connectivity index (χ4v) is 1.93. The Morgan fingerprint density at radius 2 is 2.29 bits per heavy atom. The van der Waals surface area contributed by atoms with E-state index in [0.717, 1.165) is 18.5 Å². The largest absolute Gasteiger partial charge is 0.464 e. The van der Waals surface area contributed by atoms with E-state index in [2.05, 4.69) is 19.8 Å². The number of carbonyl (C=O) groups excluding carboxylic acids is 1. The van der Waals surface area contributed by atoms with E-state index in [9.17, 15) is 4.79 Å². The van der Waals surface area contributed by atoms with E-state index in [1.54, 1.807) is 6.20 Å². The monoisotopic (exact) mass is 232 g/mol. The van der Waals surface area contributed by atoms with E-state index in [1.165, 1.54) is 19.7 Å². The van der Waals surface area contributed by atoms with Gasteiger partial charge < -0.3 is 4.74 Å². The fourth-order valence-electron chi connectivity index (χ4n) is 1.93. The Kier molecular flexibility index (Phi) is 2.28. The van der Waals surface area contributed by atoms with Gasteiger partial charge in [-0.3, -0.25) is 0 Å². The molecule has 6 heteroatoms. The summed E-state index contributed by atoms with van der Waals surface area (Å²) < 4.78 is 6.50. The van der Waals surface area contributed by atoms with E-state index in [4.69, 9.17) is 0 Å². The predicted octanol–water partition coefficient (Wildman–Crippen LogP) is 1.34. The third-order valence-electron chi connectivity index (χ3n) is 3.12. The smallest absolute Gasteiger partial charge is 0.358 e. The standard InChI is InChI=1S/C11H12N4O2/c1-17-11(16)9-5-12-10-8(14-9)6-13-15(10)7-3-2-4-7/h5-7H,2-4H2,1H3. The first kappa shape index (κ1) is 10.2. The van der Waals surface area contributed by atoms with Crippen LogP contribution in [0.3, 0.4) is 0 Å². The summed E-state index contributed by atoms with van der Waals surface area (Å²) in [7, 11) is 1.33. The van der Waals surface area contributed by atoms with E-state index in [-0.39, 0.29) is 5.69 Å². The summed E-state index contributed by atoms with van der Waals surface area (Å²) in [6.07, 6.45) is 6.59. The maximum atomic E-state index is 11.3. The quantitative estimate of drug-likeness (QED) is 0.731. The van der Waals surface area contributed by atoms with E-state index in [1.807, 2.05) is 4.68 Å². The maximum absolute atomic E-state index is 11.3. The second kappa shape index (κ2) is 3.80. The van der Waals surface area contributed by atoms with Crippen LogP contribution >= 0.6 is 0 Å². The van der Waals surface area contributed by atoms with Crippen molar-refractivity contribution in [1.82, 2.24) is 19.7 Å². The van der Waals surface area contributed by atoms with Crippen molar-refractivity contribution < 1.29 is 9.53 Å². The zero-order chi connectivity index (χ0) is 11.8. The normalized spacial score (nSPS) is 15.8. The number of hydrogen-bond donors (Lipinski definition) is 0. The van der Waals surface area contributed by atoms with E-state index in [0.29, 0.717) is 11.6 Å². The molecule has 0 saturated heterocycles. The van der Waals surface area contributed by atoms with Crippen LogP contribution < -0.4 is 0 Å².